The van der Waals surface area contributed by atoms with Gasteiger partial charge in [0.15, 0.2) is 11.5 Å². The van der Waals surface area contributed by atoms with Gasteiger partial charge in [-0.1, -0.05) is 0 Å². The Balaban J connectivity index is 1.80. The molecule has 0 unspecified atom stereocenters. The summed E-state index contributed by atoms with van der Waals surface area (Å²) in [5.74, 6) is -3.67. The topological polar surface area (TPSA) is 47.8 Å². The summed E-state index contributed by atoms with van der Waals surface area (Å²) in [4.78, 5) is 20.6. The normalized spacial score (nSPS) is 19.2. The van der Waals surface area contributed by atoms with E-state index in [-0.39, 0.29) is 0 Å². The summed E-state index contributed by atoms with van der Waals surface area (Å²) >= 11 is 0. The van der Waals surface area contributed by atoms with E-state index in [1.807, 2.05) is 7.05 Å². The fraction of sp³-hybridized carbons (Fsp3) is 0.389. The SMILES string of the molecule is Cn1cnc(-c2cccnc2/C=C/C(=O)C2(F)CCC(F)(F)CC2)c1. The summed E-state index contributed by atoms with van der Waals surface area (Å²) in [6.07, 6.45) is 5.38. The number of ketones is 1. The van der Waals surface area contributed by atoms with E-state index in [1.165, 1.54) is 6.08 Å². The van der Waals surface area contributed by atoms with Crippen molar-refractivity contribution in [3.05, 3.63) is 42.6 Å². The number of hydrogen-bond donors (Lipinski definition) is 0. The molecule has 4 nitrogen and oxygen atoms in total. The minimum atomic E-state index is -2.88. The number of rotatable bonds is 4. The Morgan fingerprint density at radius 2 is 1.92 bits per heavy atom. The number of alkyl halides is 3. The first kappa shape index (κ1) is 17.4. The summed E-state index contributed by atoms with van der Waals surface area (Å²) in [6.45, 7) is 0. The predicted molar refractivity (Wildman–Crippen MR) is 87.7 cm³/mol. The number of aromatic nitrogens is 3. The van der Waals surface area contributed by atoms with Crippen LogP contribution in [0.3, 0.4) is 0 Å². The van der Waals surface area contributed by atoms with E-state index in [9.17, 15) is 18.0 Å². The number of pyridine rings is 1. The molecule has 0 atom stereocenters. The van der Waals surface area contributed by atoms with E-state index in [0.717, 1.165) is 6.08 Å². The van der Waals surface area contributed by atoms with Crippen LogP contribution >= 0.6 is 0 Å². The van der Waals surface area contributed by atoms with Crippen molar-refractivity contribution in [2.75, 3.05) is 0 Å². The van der Waals surface area contributed by atoms with Crippen LogP contribution in [0.1, 0.15) is 31.4 Å². The zero-order valence-corrected chi connectivity index (χ0v) is 13.8. The Morgan fingerprint density at radius 3 is 2.56 bits per heavy atom. The molecule has 2 aromatic heterocycles. The van der Waals surface area contributed by atoms with Gasteiger partial charge >= 0.3 is 0 Å². The molecule has 0 saturated heterocycles. The van der Waals surface area contributed by atoms with Crippen LogP contribution in [-0.4, -0.2) is 31.9 Å². The van der Waals surface area contributed by atoms with Crippen LogP contribution in [0.25, 0.3) is 17.3 Å². The van der Waals surface area contributed by atoms with Gasteiger partial charge in [-0.2, -0.15) is 0 Å². The fourth-order valence-electron chi connectivity index (χ4n) is 2.88. The number of carbonyl (C=O) groups is 1. The van der Waals surface area contributed by atoms with Crippen LogP contribution in [0.5, 0.6) is 0 Å². The molecule has 0 spiro atoms. The molecule has 2 heterocycles. The molecule has 1 saturated carbocycles. The molecule has 0 aliphatic heterocycles. The maximum absolute atomic E-state index is 14.7. The average Bonchev–Trinajstić information content (AvgIpc) is 3.02. The van der Waals surface area contributed by atoms with Gasteiger partial charge in [0.1, 0.15) is 0 Å². The maximum atomic E-state index is 14.7. The molecule has 0 N–H and O–H groups in total. The molecular weight excluding hydrogens is 331 g/mol. The number of halogens is 3. The molecule has 3 rings (SSSR count). The number of imidazole rings is 1. The van der Waals surface area contributed by atoms with Crippen LogP contribution in [0.4, 0.5) is 13.2 Å². The lowest BCUT2D eigenvalue weighted by molar-refractivity contribution is -0.134. The Labute approximate surface area is 143 Å². The molecule has 0 aromatic carbocycles. The number of hydrogen-bond acceptors (Lipinski definition) is 3. The highest BCUT2D eigenvalue weighted by atomic mass is 19.3. The van der Waals surface area contributed by atoms with Gasteiger partial charge in [-0.15, -0.1) is 0 Å². The molecule has 0 radical (unpaired) electrons. The van der Waals surface area contributed by atoms with Crippen molar-refractivity contribution in [1.82, 2.24) is 14.5 Å². The van der Waals surface area contributed by atoms with Crippen molar-refractivity contribution < 1.29 is 18.0 Å². The Kier molecular flexibility index (Phi) is 4.49. The van der Waals surface area contributed by atoms with Crippen molar-refractivity contribution in [3.8, 4) is 11.3 Å². The van der Waals surface area contributed by atoms with Crippen molar-refractivity contribution in [2.24, 2.45) is 7.05 Å². The van der Waals surface area contributed by atoms with Gasteiger partial charge in [-0.25, -0.2) is 18.2 Å². The lowest BCUT2D eigenvalue weighted by atomic mass is 9.81. The second-order valence-electron chi connectivity index (χ2n) is 6.38. The van der Waals surface area contributed by atoms with E-state index < -0.39 is 43.1 Å². The van der Waals surface area contributed by atoms with Crippen LogP contribution in [0.15, 0.2) is 36.9 Å². The van der Waals surface area contributed by atoms with E-state index in [4.69, 9.17) is 0 Å². The van der Waals surface area contributed by atoms with Gasteiger partial charge in [-0.05, 0) is 37.1 Å². The van der Waals surface area contributed by atoms with Gasteiger partial charge < -0.3 is 4.57 Å². The zero-order chi connectivity index (χ0) is 18.1. The number of carbonyl (C=O) groups excluding carboxylic acids is 1. The minimum absolute atomic E-state index is 0.460. The number of nitrogens with zero attached hydrogens (tertiary/aromatic N) is 3. The molecule has 1 fully saturated rings. The second-order valence-corrected chi connectivity index (χ2v) is 6.38. The zero-order valence-electron chi connectivity index (χ0n) is 13.8. The number of allylic oxidation sites excluding steroid dienone is 1. The highest BCUT2D eigenvalue weighted by Crippen LogP contribution is 2.41. The molecule has 0 amide bonds. The first-order chi connectivity index (χ1) is 11.8. The van der Waals surface area contributed by atoms with E-state index in [2.05, 4.69) is 9.97 Å². The van der Waals surface area contributed by atoms with E-state index in [1.54, 1.807) is 35.4 Å². The smallest absolute Gasteiger partial charge is 0.248 e. The van der Waals surface area contributed by atoms with Crippen LogP contribution < -0.4 is 0 Å². The maximum Gasteiger partial charge on any atom is 0.248 e. The Bertz CT molecular complexity index is 803. The third-order valence-electron chi connectivity index (χ3n) is 4.43. The third kappa shape index (κ3) is 3.81. The second kappa shape index (κ2) is 6.46. The van der Waals surface area contributed by atoms with Gasteiger partial charge in [-0.3, -0.25) is 9.78 Å². The van der Waals surface area contributed by atoms with Crippen molar-refractivity contribution >= 4 is 11.9 Å². The highest BCUT2D eigenvalue weighted by Gasteiger charge is 2.47. The minimum Gasteiger partial charge on any atom is -0.340 e. The monoisotopic (exact) mass is 349 g/mol. The lowest BCUT2D eigenvalue weighted by Gasteiger charge is -2.31. The van der Waals surface area contributed by atoms with Gasteiger partial charge in [0.2, 0.25) is 5.92 Å². The number of aryl methyl sites for hydroxylation is 1. The molecule has 1 aliphatic carbocycles. The standard InChI is InChI=1S/C18H18F3N3O/c1-24-11-15(23-12-24)13-3-2-10-22-14(13)4-5-16(25)17(19)6-8-18(20,21)9-7-17/h2-5,10-12H,6-9H2,1H3/b5-4+. The first-order valence-electron chi connectivity index (χ1n) is 8.02. The fourth-order valence-corrected chi connectivity index (χ4v) is 2.88. The quantitative estimate of drug-likeness (QED) is 0.785. The van der Waals surface area contributed by atoms with Crippen molar-refractivity contribution in [2.45, 2.75) is 37.3 Å². The molecule has 1 aliphatic rings. The Morgan fingerprint density at radius 1 is 1.20 bits per heavy atom. The van der Waals surface area contributed by atoms with E-state index >= 15 is 0 Å². The summed E-state index contributed by atoms with van der Waals surface area (Å²) in [5, 5.41) is 0. The summed E-state index contributed by atoms with van der Waals surface area (Å²) < 4.78 is 42.8. The molecule has 2 aromatic rings. The summed E-state index contributed by atoms with van der Waals surface area (Å²) in [6, 6.07) is 3.54. The molecule has 132 valence electrons. The average molecular weight is 349 g/mol. The van der Waals surface area contributed by atoms with Crippen molar-refractivity contribution in [1.29, 1.82) is 0 Å². The lowest BCUT2D eigenvalue weighted by Crippen LogP contribution is -2.40. The summed E-state index contributed by atoms with van der Waals surface area (Å²) in [7, 11) is 1.83. The highest BCUT2D eigenvalue weighted by molar-refractivity contribution is 6.00. The van der Waals surface area contributed by atoms with Gasteiger partial charge in [0.05, 0.1) is 17.7 Å². The van der Waals surface area contributed by atoms with Crippen LogP contribution in [0, 0.1) is 0 Å². The predicted octanol–water partition coefficient (Wildman–Crippen LogP) is 3.98. The summed E-state index contributed by atoms with van der Waals surface area (Å²) in [5.41, 5.74) is -0.373. The van der Waals surface area contributed by atoms with Crippen LogP contribution in [0.2, 0.25) is 0 Å². The molecule has 25 heavy (non-hydrogen) atoms. The van der Waals surface area contributed by atoms with Gasteiger partial charge in [0.25, 0.3) is 0 Å². The van der Waals surface area contributed by atoms with Gasteiger partial charge in [0, 0.05) is 37.8 Å². The third-order valence-corrected chi connectivity index (χ3v) is 4.43. The first-order valence-corrected chi connectivity index (χ1v) is 8.02. The van der Waals surface area contributed by atoms with Crippen molar-refractivity contribution in [3.63, 3.8) is 0 Å². The molecule has 0 bridgehead atoms. The largest absolute Gasteiger partial charge is 0.340 e. The molecule has 7 heteroatoms. The van der Waals surface area contributed by atoms with E-state index in [0.29, 0.717) is 17.0 Å². The molecular formula is C18H18F3N3O. The Hall–Kier alpha value is -2.44. The van der Waals surface area contributed by atoms with Crippen LogP contribution in [-0.2, 0) is 11.8 Å².